The van der Waals surface area contributed by atoms with Gasteiger partial charge in [0.1, 0.15) is 0 Å². The second-order valence-electron chi connectivity index (χ2n) is 7.13. The van der Waals surface area contributed by atoms with Gasteiger partial charge < -0.3 is 4.90 Å². The second kappa shape index (κ2) is 9.26. The molecule has 10 heteroatoms. The summed E-state index contributed by atoms with van der Waals surface area (Å²) in [6, 6.07) is 15.8. The Balaban J connectivity index is 1.30. The van der Waals surface area contributed by atoms with E-state index in [9.17, 15) is 14.9 Å². The van der Waals surface area contributed by atoms with Crippen LogP contribution < -0.4 is 0 Å². The largest absolute Gasteiger partial charge is 0.337 e. The Kier molecular flexibility index (Phi) is 6.08. The van der Waals surface area contributed by atoms with Crippen molar-refractivity contribution in [1.29, 1.82) is 0 Å². The van der Waals surface area contributed by atoms with Crippen molar-refractivity contribution < 1.29 is 9.72 Å². The summed E-state index contributed by atoms with van der Waals surface area (Å²) < 4.78 is 1.73. The van der Waals surface area contributed by atoms with Crippen LogP contribution in [0, 0.1) is 10.1 Å². The van der Waals surface area contributed by atoms with Crippen LogP contribution in [0.15, 0.2) is 60.7 Å². The molecule has 0 radical (unpaired) electrons. The molecule has 0 bridgehead atoms. The van der Waals surface area contributed by atoms with Gasteiger partial charge in [0, 0.05) is 44.4 Å². The van der Waals surface area contributed by atoms with Crippen molar-refractivity contribution in [3.05, 3.63) is 82.2 Å². The quantitative estimate of drug-likeness (QED) is 0.341. The fourth-order valence-corrected chi connectivity index (χ4v) is 3.38. The van der Waals surface area contributed by atoms with Gasteiger partial charge in [0.05, 0.1) is 17.2 Å². The van der Waals surface area contributed by atoms with E-state index in [0.29, 0.717) is 19.6 Å². The number of amides is 1. The SMILES string of the molecule is O=C(/C=C\c1ccc([N+](=O)[O-])cc1)N1CCN(Cc2nnnn2-c2ccccc2)CC1. The van der Waals surface area contributed by atoms with Gasteiger partial charge in [-0.2, -0.15) is 4.68 Å². The highest BCUT2D eigenvalue weighted by Crippen LogP contribution is 2.14. The molecule has 31 heavy (non-hydrogen) atoms. The number of tetrazole rings is 1. The smallest absolute Gasteiger partial charge is 0.269 e. The molecule has 0 N–H and O–H groups in total. The molecule has 10 nitrogen and oxygen atoms in total. The number of nitro benzene ring substituents is 1. The summed E-state index contributed by atoms with van der Waals surface area (Å²) in [4.78, 5) is 26.8. The Hall–Kier alpha value is -3.92. The Labute approximate surface area is 178 Å². The molecule has 0 unspecified atom stereocenters. The fraction of sp³-hybridized carbons (Fsp3) is 0.238. The van der Waals surface area contributed by atoms with Crippen molar-refractivity contribution in [2.24, 2.45) is 0 Å². The van der Waals surface area contributed by atoms with Gasteiger partial charge in [0.2, 0.25) is 5.91 Å². The van der Waals surface area contributed by atoms with Crippen LogP contribution in [0.5, 0.6) is 0 Å². The third-order valence-electron chi connectivity index (χ3n) is 5.11. The van der Waals surface area contributed by atoms with Crippen LogP contribution >= 0.6 is 0 Å². The maximum atomic E-state index is 12.5. The number of nitrogens with zero attached hydrogens (tertiary/aromatic N) is 7. The molecule has 3 aromatic rings. The number of carbonyl (C=O) groups excluding carboxylic acids is 1. The van der Waals surface area contributed by atoms with Gasteiger partial charge in [-0.25, -0.2) is 0 Å². The molecule has 4 rings (SSSR count). The highest BCUT2D eigenvalue weighted by atomic mass is 16.6. The first kappa shape index (κ1) is 20.4. The number of piperazine rings is 1. The monoisotopic (exact) mass is 419 g/mol. The van der Waals surface area contributed by atoms with Gasteiger partial charge in [-0.1, -0.05) is 18.2 Å². The van der Waals surface area contributed by atoms with E-state index in [-0.39, 0.29) is 11.6 Å². The number of aromatic nitrogens is 4. The molecular weight excluding hydrogens is 398 g/mol. The zero-order chi connectivity index (χ0) is 21.6. The van der Waals surface area contributed by atoms with E-state index in [1.807, 2.05) is 30.3 Å². The molecule has 2 aromatic carbocycles. The molecule has 0 atom stereocenters. The lowest BCUT2D eigenvalue weighted by atomic mass is 10.2. The number of para-hydroxylation sites is 1. The van der Waals surface area contributed by atoms with Gasteiger partial charge in [-0.05, 0) is 46.3 Å². The summed E-state index contributed by atoms with van der Waals surface area (Å²) >= 11 is 0. The van der Waals surface area contributed by atoms with Crippen LogP contribution in [0.4, 0.5) is 5.69 Å². The maximum absolute atomic E-state index is 12.5. The predicted molar refractivity (Wildman–Crippen MR) is 113 cm³/mol. The van der Waals surface area contributed by atoms with E-state index in [2.05, 4.69) is 20.4 Å². The Morgan fingerprint density at radius 3 is 2.42 bits per heavy atom. The average Bonchev–Trinajstić information content (AvgIpc) is 3.27. The second-order valence-corrected chi connectivity index (χ2v) is 7.13. The Morgan fingerprint density at radius 2 is 1.74 bits per heavy atom. The van der Waals surface area contributed by atoms with Gasteiger partial charge in [0.15, 0.2) is 5.82 Å². The van der Waals surface area contributed by atoms with Gasteiger partial charge in [-0.3, -0.25) is 19.8 Å². The third-order valence-corrected chi connectivity index (χ3v) is 5.11. The van der Waals surface area contributed by atoms with Crippen LogP contribution in [0.25, 0.3) is 11.8 Å². The van der Waals surface area contributed by atoms with Crippen molar-refractivity contribution >= 4 is 17.7 Å². The summed E-state index contributed by atoms with van der Waals surface area (Å²) in [5.41, 5.74) is 1.68. The zero-order valence-electron chi connectivity index (χ0n) is 16.7. The number of carbonyl (C=O) groups is 1. The van der Waals surface area contributed by atoms with E-state index in [0.717, 1.165) is 30.2 Å². The minimum atomic E-state index is -0.448. The highest BCUT2D eigenvalue weighted by molar-refractivity contribution is 5.91. The summed E-state index contributed by atoms with van der Waals surface area (Å²) in [5.74, 6) is 0.677. The van der Waals surface area contributed by atoms with E-state index in [4.69, 9.17) is 0 Å². The van der Waals surface area contributed by atoms with Crippen LogP contribution in [0.1, 0.15) is 11.4 Å². The number of benzene rings is 2. The summed E-state index contributed by atoms with van der Waals surface area (Å²) in [6.07, 6.45) is 3.18. The zero-order valence-corrected chi connectivity index (χ0v) is 16.7. The number of rotatable bonds is 6. The topological polar surface area (TPSA) is 110 Å². The molecule has 2 heterocycles. The standard InChI is InChI=1S/C21H21N7O3/c29-21(11-8-17-6-9-19(10-7-17)28(30)31)26-14-12-25(13-15-26)16-20-22-23-24-27(20)18-4-2-1-3-5-18/h1-11H,12-16H2/b11-8-. The predicted octanol–water partition coefficient (Wildman–Crippen LogP) is 1.93. The van der Waals surface area contributed by atoms with Crippen LogP contribution in [-0.2, 0) is 11.3 Å². The number of hydrogen-bond donors (Lipinski definition) is 0. The first-order valence-corrected chi connectivity index (χ1v) is 9.86. The lowest BCUT2D eigenvalue weighted by Gasteiger charge is -2.33. The van der Waals surface area contributed by atoms with Gasteiger partial charge in [-0.15, -0.1) is 5.10 Å². The molecule has 0 aliphatic carbocycles. The van der Waals surface area contributed by atoms with Crippen LogP contribution in [0.3, 0.4) is 0 Å². The minimum absolute atomic E-state index is 0.0258. The number of nitro groups is 1. The number of non-ortho nitro benzene ring substituents is 1. The van der Waals surface area contributed by atoms with E-state index < -0.39 is 4.92 Å². The molecule has 1 saturated heterocycles. The maximum Gasteiger partial charge on any atom is 0.269 e. The summed E-state index contributed by atoms with van der Waals surface area (Å²) in [5, 5.41) is 22.7. The highest BCUT2D eigenvalue weighted by Gasteiger charge is 2.21. The molecule has 1 aromatic heterocycles. The van der Waals surface area contributed by atoms with Crippen molar-refractivity contribution in [1.82, 2.24) is 30.0 Å². The molecule has 1 aliphatic heterocycles. The normalized spacial score (nSPS) is 14.8. The van der Waals surface area contributed by atoms with Gasteiger partial charge >= 0.3 is 0 Å². The van der Waals surface area contributed by atoms with Gasteiger partial charge in [0.25, 0.3) is 5.69 Å². The summed E-state index contributed by atoms with van der Waals surface area (Å²) in [7, 11) is 0. The van der Waals surface area contributed by atoms with E-state index in [1.54, 1.807) is 27.8 Å². The first-order chi connectivity index (χ1) is 15.1. The molecule has 0 spiro atoms. The molecule has 1 amide bonds. The van der Waals surface area contributed by atoms with Crippen molar-refractivity contribution in [2.75, 3.05) is 26.2 Å². The first-order valence-electron chi connectivity index (χ1n) is 9.86. The average molecular weight is 419 g/mol. The molecular formula is C21H21N7O3. The molecule has 1 fully saturated rings. The van der Waals surface area contributed by atoms with Crippen LogP contribution in [-0.4, -0.2) is 67.0 Å². The van der Waals surface area contributed by atoms with Crippen molar-refractivity contribution in [2.45, 2.75) is 6.54 Å². The molecule has 1 aliphatic rings. The number of hydrogen-bond acceptors (Lipinski definition) is 7. The van der Waals surface area contributed by atoms with Crippen LogP contribution in [0.2, 0.25) is 0 Å². The summed E-state index contributed by atoms with van der Waals surface area (Å²) in [6.45, 7) is 3.26. The lowest BCUT2D eigenvalue weighted by molar-refractivity contribution is -0.384. The molecule has 158 valence electrons. The minimum Gasteiger partial charge on any atom is -0.337 e. The third kappa shape index (κ3) is 4.98. The fourth-order valence-electron chi connectivity index (χ4n) is 3.38. The Morgan fingerprint density at radius 1 is 1.03 bits per heavy atom. The molecule has 0 saturated carbocycles. The lowest BCUT2D eigenvalue weighted by Crippen LogP contribution is -2.48. The Bertz CT molecular complexity index is 1070. The van der Waals surface area contributed by atoms with E-state index in [1.165, 1.54) is 18.2 Å². The van der Waals surface area contributed by atoms with Crippen molar-refractivity contribution in [3.63, 3.8) is 0 Å². The van der Waals surface area contributed by atoms with E-state index >= 15 is 0 Å². The van der Waals surface area contributed by atoms with Crippen molar-refractivity contribution in [3.8, 4) is 5.69 Å².